The molecular formula is C26H26N2O3. The summed E-state index contributed by atoms with van der Waals surface area (Å²) in [4.78, 5) is 27.1. The maximum atomic E-state index is 12.9. The highest BCUT2D eigenvalue weighted by Crippen LogP contribution is 2.30. The number of methoxy groups -OCH3 is 1. The third-order valence-electron chi connectivity index (χ3n) is 5.54. The number of ether oxygens (including phenoxy) is 1. The van der Waals surface area contributed by atoms with Crippen molar-refractivity contribution in [2.75, 3.05) is 18.6 Å². The first-order valence-electron chi connectivity index (χ1n) is 10.4. The van der Waals surface area contributed by atoms with Crippen LogP contribution in [0.1, 0.15) is 32.6 Å². The molecule has 1 heterocycles. The van der Waals surface area contributed by atoms with Crippen LogP contribution in [-0.2, 0) is 24.2 Å². The molecule has 3 aromatic carbocycles. The van der Waals surface area contributed by atoms with E-state index in [0.717, 1.165) is 40.1 Å². The summed E-state index contributed by atoms with van der Waals surface area (Å²) < 4.78 is 5.21. The van der Waals surface area contributed by atoms with Gasteiger partial charge in [0.05, 0.1) is 13.5 Å². The Morgan fingerprint density at radius 2 is 1.84 bits per heavy atom. The van der Waals surface area contributed by atoms with Crippen molar-refractivity contribution < 1.29 is 14.3 Å². The quantitative estimate of drug-likeness (QED) is 0.662. The van der Waals surface area contributed by atoms with Gasteiger partial charge in [0.25, 0.3) is 5.91 Å². The summed E-state index contributed by atoms with van der Waals surface area (Å²) in [7, 11) is 1.61. The zero-order chi connectivity index (χ0) is 21.8. The van der Waals surface area contributed by atoms with E-state index >= 15 is 0 Å². The van der Waals surface area contributed by atoms with Gasteiger partial charge in [0, 0.05) is 24.3 Å². The molecule has 31 heavy (non-hydrogen) atoms. The summed E-state index contributed by atoms with van der Waals surface area (Å²) in [6, 6.07) is 21.3. The Morgan fingerprint density at radius 3 is 2.65 bits per heavy atom. The molecule has 0 aromatic heterocycles. The molecule has 1 N–H and O–H groups in total. The van der Waals surface area contributed by atoms with Crippen LogP contribution in [0.5, 0.6) is 5.75 Å². The Hall–Kier alpha value is -3.60. The fourth-order valence-corrected chi connectivity index (χ4v) is 3.94. The number of benzene rings is 3. The average molecular weight is 415 g/mol. The number of hydrogen-bond acceptors (Lipinski definition) is 3. The first-order valence-corrected chi connectivity index (χ1v) is 10.4. The van der Waals surface area contributed by atoms with Crippen LogP contribution in [0.4, 0.5) is 5.69 Å². The summed E-state index contributed by atoms with van der Waals surface area (Å²) in [5.41, 5.74) is 5.82. The number of amides is 2. The van der Waals surface area contributed by atoms with Crippen molar-refractivity contribution >= 4 is 17.5 Å². The molecule has 0 spiro atoms. The predicted molar refractivity (Wildman–Crippen MR) is 122 cm³/mol. The topological polar surface area (TPSA) is 58.6 Å². The maximum Gasteiger partial charge on any atom is 0.258 e. The fraction of sp³-hybridized carbons (Fsp3) is 0.231. The minimum atomic E-state index is -0.0370. The lowest BCUT2D eigenvalue weighted by Crippen LogP contribution is -2.28. The summed E-state index contributed by atoms with van der Waals surface area (Å²) in [6.07, 6.45) is 1.12. The Balaban J connectivity index is 1.39. The highest BCUT2D eigenvalue weighted by atomic mass is 16.5. The summed E-state index contributed by atoms with van der Waals surface area (Å²) in [5, 5.41) is 2.98. The van der Waals surface area contributed by atoms with E-state index in [2.05, 4.69) is 11.4 Å². The number of nitrogens with zero attached hydrogens (tertiary/aromatic N) is 1. The van der Waals surface area contributed by atoms with Crippen LogP contribution in [0.15, 0.2) is 66.7 Å². The molecule has 1 aliphatic rings. The van der Waals surface area contributed by atoms with E-state index in [4.69, 9.17) is 4.74 Å². The van der Waals surface area contributed by atoms with Gasteiger partial charge < -0.3 is 15.0 Å². The third-order valence-corrected chi connectivity index (χ3v) is 5.54. The van der Waals surface area contributed by atoms with Gasteiger partial charge in [0.15, 0.2) is 0 Å². The van der Waals surface area contributed by atoms with Crippen molar-refractivity contribution in [1.82, 2.24) is 5.32 Å². The SMILES string of the molecule is COc1cccc(CC(=O)NCc2ccc3c(c2)CCN3C(=O)c2cccc(C)c2)c1. The Labute approximate surface area is 182 Å². The van der Waals surface area contributed by atoms with E-state index in [1.165, 1.54) is 0 Å². The van der Waals surface area contributed by atoms with Crippen LogP contribution < -0.4 is 15.0 Å². The minimum Gasteiger partial charge on any atom is -0.497 e. The predicted octanol–water partition coefficient (Wildman–Crippen LogP) is 4.07. The second-order valence-electron chi connectivity index (χ2n) is 7.84. The number of rotatable bonds is 6. The molecule has 0 bridgehead atoms. The fourth-order valence-electron chi connectivity index (χ4n) is 3.94. The Bertz CT molecular complexity index is 1120. The van der Waals surface area contributed by atoms with Gasteiger partial charge in [0.2, 0.25) is 5.91 Å². The molecule has 0 radical (unpaired) electrons. The van der Waals surface area contributed by atoms with Crippen LogP contribution in [0.25, 0.3) is 0 Å². The molecule has 0 aliphatic carbocycles. The lowest BCUT2D eigenvalue weighted by Gasteiger charge is -2.18. The molecule has 0 atom stereocenters. The summed E-state index contributed by atoms with van der Waals surface area (Å²) in [6.45, 7) is 3.12. The second-order valence-corrected chi connectivity index (χ2v) is 7.84. The molecule has 5 nitrogen and oxygen atoms in total. The van der Waals surface area contributed by atoms with Crippen molar-refractivity contribution in [3.63, 3.8) is 0 Å². The molecule has 1 aliphatic heterocycles. The Kier molecular flexibility index (Phi) is 6.03. The van der Waals surface area contributed by atoms with E-state index < -0.39 is 0 Å². The lowest BCUT2D eigenvalue weighted by atomic mass is 10.1. The zero-order valence-electron chi connectivity index (χ0n) is 17.9. The van der Waals surface area contributed by atoms with Gasteiger partial charge >= 0.3 is 0 Å². The van der Waals surface area contributed by atoms with Crippen molar-refractivity contribution in [2.24, 2.45) is 0 Å². The van der Waals surface area contributed by atoms with Gasteiger partial charge in [0.1, 0.15) is 5.75 Å². The van der Waals surface area contributed by atoms with Crippen molar-refractivity contribution in [3.05, 3.63) is 94.5 Å². The molecule has 0 unspecified atom stereocenters. The molecule has 158 valence electrons. The second kappa shape index (κ2) is 9.04. The molecular weight excluding hydrogens is 388 g/mol. The van der Waals surface area contributed by atoms with Crippen LogP contribution in [0.2, 0.25) is 0 Å². The highest BCUT2D eigenvalue weighted by Gasteiger charge is 2.25. The van der Waals surface area contributed by atoms with E-state index in [0.29, 0.717) is 25.1 Å². The van der Waals surface area contributed by atoms with Crippen molar-refractivity contribution in [3.8, 4) is 5.75 Å². The molecule has 4 rings (SSSR count). The zero-order valence-corrected chi connectivity index (χ0v) is 17.9. The first-order chi connectivity index (χ1) is 15.0. The van der Waals surface area contributed by atoms with E-state index in [9.17, 15) is 9.59 Å². The third kappa shape index (κ3) is 4.77. The number of anilines is 1. The van der Waals surface area contributed by atoms with Gasteiger partial charge in [-0.2, -0.15) is 0 Å². The highest BCUT2D eigenvalue weighted by molar-refractivity contribution is 6.07. The number of hydrogen-bond donors (Lipinski definition) is 1. The maximum absolute atomic E-state index is 12.9. The number of carbonyl (C=O) groups is 2. The van der Waals surface area contributed by atoms with Gasteiger partial charge in [-0.25, -0.2) is 0 Å². The van der Waals surface area contributed by atoms with Crippen molar-refractivity contribution in [1.29, 1.82) is 0 Å². The van der Waals surface area contributed by atoms with E-state index in [1.807, 2.05) is 72.5 Å². The Morgan fingerprint density at radius 1 is 1.00 bits per heavy atom. The summed E-state index contributed by atoms with van der Waals surface area (Å²) >= 11 is 0. The van der Waals surface area contributed by atoms with Crippen LogP contribution >= 0.6 is 0 Å². The van der Waals surface area contributed by atoms with Gasteiger partial charge in [-0.1, -0.05) is 42.0 Å². The molecule has 5 heteroatoms. The lowest BCUT2D eigenvalue weighted by molar-refractivity contribution is -0.120. The molecule has 0 fully saturated rings. The monoisotopic (exact) mass is 414 g/mol. The number of fused-ring (bicyclic) bond motifs is 1. The van der Waals surface area contributed by atoms with Gasteiger partial charge in [-0.3, -0.25) is 9.59 Å². The largest absolute Gasteiger partial charge is 0.497 e. The molecule has 2 amide bonds. The van der Waals surface area contributed by atoms with Crippen LogP contribution in [-0.4, -0.2) is 25.5 Å². The molecule has 0 saturated carbocycles. The normalized spacial score (nSPS) is 12.4. The number of aryl methyl sites for hydroxylation is 1. The van der Waals surface area contributed by atoms with Crippen LogP contribution in [0, 0.1) is 6.92 Å². The van der Waals surface area contributed by atoms with Gasteiger partial charge in [-0.05, 0) is 60.4 Å². The van der Waals surface area contributed by atoms with E-state index in [-0.39, 0.29) is 11.8 Å². The first kappa shape index (κ1) is 20.7. The van der Waals surface area contributed by atoms with Gasteiger partial charge in [-0.15, -0.1) is 0 Å². The standard InChI is InChI=1S/C26H26N2O3/c1-18-5-3-7-22(13-18)26(30)28-12-11-21-14-20(9-10-24(21)28)17-27-25(29)16-19-6-4-8-23(15-19)31-2/h3-10,13-15H,11-12,16-17H2,1-2H3,(H,27,29). The number of carbonyl (C=O) groups excluding carboxylic acids is 2. The van der Waals surface area contributed by atoms with Crippen molar-refractivity contribution in [2.45, 2.75) is 26.3 Å². The average Bonchev–Trinajstić information content (AvgIpc) is 3.20. The summed E-state index contributed by atoms with van der Waals surface area (Å²) in [5.74, 6) is 0.737. The van der Waals surface area contributed by atoms with Crippen LogP contribution in [0.3, 0.4) is 0 Å². The number of nitrogens with one attached hydrogen (secondary N) is 1. The molecule has 0 saturated heterocycles. The van der Waals surface area contributed by atoms with E-state index in [1.54, 1.807) is 7.11 Å². The smallest absolute Gasteiger partial charge is 0.258 e. The minimum absolute atomic E-state index is 0.0294. The molecule has 3 aromatic rings.